The third-order valence-corrected chi connectivity index (χ3v) is 4.20. The number of rotatable bonds is 6. The van der Waals surface area contributed by atoms with Gasteiger partial charge in [-0.15, -0.1) is 0 Å². The van der Waals surface area contributed by atoms with E-state index in [2.05, 4.69) is 0 Å². The zero-order chi connectivity index (χ0) is 13.0. The third kappa shape index (κ3) is 3.69. The summed E-state index contributed by atoms with van der Waals surface area (Å²) in [6.45, 7) is 1.34. The van der Waals surface area contributed by atoms with Gasteiger partial charge in [0, 0.05) is 31.7 Å². The monoisotopic (exact) mass is 254 g/mol. The van der Waals surface area contributed by atoms with Gasteiger partial charge in [0.1, 0.15) is 0 Å². The topological polar surface area (TPSA) is 55.6 Å². The lowest BCUT2D eigenvalue weighted by Gasteiger charge is -2.35. The van der Waals surface area contributed by atoms with Crippen molar-refractivity contribution in [3.8, 4) is 0 Å². The Balaban J connectivity index is 1.87. The second-order valence-electron chi connectivity index (χ2n) is 5.91. The first kappa shape index (κ1) is 13.8. The highest BCUT2D eigenvalue weighted by Crippen LogP contribution is 2.32. The summed E-state index contributed by atoms with van der Waals surface area (Å²) >= 11 is 0. The van der Waals surface area contributed by atoms with Gasteiger partial charge in [-0.2, -0.15) is 0 Å². The molecule has 0 saturated heterocycles. The molecule has 0 bridgehead atoms. The van der Waals surface area contributed by atoms with E-state index in [0.717, 1.165) is 32.2 Å². The van der Waals surface area contributed by atoms with Gasteiger partial charge < -0.3 is 15.4 Å². The molecule has 0 aromatic heterocycles. The standard InChI is InChI=1S/C14H26N2O2/c1-18-10-9-16(12-5-6-12)13(17)11-14(15)7-3-2-4-8-14/h12H,2-11,15H2,1H3. The van der Waals surface area contributed by atoms with E-state index in [4.69, 9.17) is 10.5 Å². The molecule has 2 aliphatic rings. The van der Waals surface area contributed by atoms with Crippen molar-refractivity contribution in [2.45, 2.75) is 62.9 Å². The molecule has 4 nitrogen and oxygen atoms in total. The molecule has 0 unspecified atom stereocenters. The maximum absolute atomic E-state index is 12.4. The first-order valence-corrected chi connectivity index (χ1v) is 7.22. The zero-order valence-electron chi connectivity index (χ0n) is 11.5. The molecule has 0 aliphatic heterocycles. The maximum atomic E-state index is 12.4. The Bertz CT molecular complexity index is 284. The molecule has 2 aliphatic carbocycles. The van der Waals surface area contributed by atoms with E-state index >= 15 is 0 Å². The summed E-state index contributed by atoms with van der Waals surface area (Å²) in [5, 5.41) is 0. The van der Waals surface area contributed by atoms with Crippen LogP contribution in [0.4, 0.5) is 0 Å². The molecule has 18 heavy (non-hydrogen) atoms. The second kappa shape index (κ2) is 6.02. The molecule has 104 valence electrons. The van der Waals surface area contributed by atoms with Gasteiger partial charge in [-0.25, -0.2) is 0 Å². The Kier molecular flexibility index (Phi) is 4.62. The molecule has 2 saturated carbocycles. The Morgan fingerprint density at radius 2 is 2.00 bits per heavy atom. The van der Waals surface area contributed by atoms with E-state index in [1.165, 1.54) is 19.3 Å². The predicted molar refractivity (Wildman–Crippen MR) is 71.2 cm³/mol. The van der Waals surface area contributed by atoms with Gasteiger partial charge in [0.2, 0.25) is 5.91 Å². The highest BCUT2D eigenvalue weighted by atomic mass is 16.5. The highest BCUT2D eigenvalue weighted by molar-refractivity contribution is 5.78. The Morgan fingerprint density at radius 1 is 1.33 bits per heavy atom. The minimum atomic E-state index is -0.241. The number of carbonyl (C=O) groups is 1. The van der Waals surface area contributed by atoms with E-state index < -0.39 is 0 Å². The average molecular weight is 254 g/mol. The molecule has 2 fully saturated rings. The summed E-state index contributed by atoms with van der Waals surface area (Å²) in [6, 6.07) is 0.458. The summed E-state index contributed by atoms with van der Waals surface area (Å²) < 4.78 is 5.09. The summed E-state index contributed by atoms with van der Waals surface area (Å²) in [5.74, 6) is 0.235. The van der Waals surface area contributed by atoms with Gasteiger partial charge in [-0.1, -0.05) is 19.3 Å². The second-order valence-corrected chi connectivity index (χ2v) is 5.91. The largest absolute Gasteiger partial charge is 0.383 e. The van der Waals surface area contributed by atoms with E-state index in [0.29, 0.717) is 19.1 Å². The predicted octanol–water partition coefficient (Wildman–Crippen LogP) is 1.68. The van der Waals surface area contributed by atoms with Crippen LogP contribution in [0.15, 0.2) is 0 Å². The highest BCUT2D eigenvalue weighted by Gasteiger charge is 2.36. The Labute approximate surface area is 110 Å². The fourth-order valence-electron chi connectivity index (χ4n) is 2.92. The smallest absolute Gasteiger partial charge is 0.224 e. The number of nitrogens with zero attached hydrogens (tertiary/aromatic N) is 1. The molecule has 0 radical (unpaired) electrons. The summed E-state index contributed by atoms with van der Waals surface area (Å²) in [4.78, 5) is 14.4. The van der Waals surface area contributed by atoms with Crippen molar-refractivity contribution in [1.82, 2.24) is 4.90 Å². The van der Waals surface area contributed by atoms with Gasteiger partial charge in [-0.05, 0) is 25.7 Å². The van der Waals surface area contributed by atoms with E-state index in [-0.39, 0.29) is 11.4 Å². The normalized spacial score (nSPS) is 22.8. The fraction of sp³-hybridized carbons (Fsp3) is 0.929. The quantitative estimate of drug-likeness (QED) is 0.784. The van der Waals surface area contributed by atoms with Crippen LogP contribution in [0.25, 0.3) is 0 Å². The molecule has 0 spiro atoms. The lowest BCUT2D eigenvalue weighted by atomic mass is 9.80. The van der Waals surface area contributed by atoms with Crippen LogP contribution in [-0.4, -0.2) is 42.6 Å². The molecule has 2 N–H and O–H groups in total. The summed E-state index contributed by atoms with van der Waals surface area (Å²) in [5.41, 5.74) is 6.13. The number of amides is 1. The number of methoxy groups -OCH3 is 1. The lowest BCUT2D eigenvalue weighted by molar-refractivity contribution is -0.134. The summed E-state index contributed by atoms with van der Waals surface area (Å²) in [6.07, 6.45) is 8.43. The van der Waals surface area contributed by atoms with Crippen LogP contribution < -0.4 is 5.73 Å². The Morgan fingerprint density at radius 3 is 2.56 bits per heavy atom. The molecule has 0 heterocycles. The van der Waals surface area contributed by atoms with Crippen LogP contribution in [0.3, 0.4) is 0 Å². The minimum absolute atomic E-state index is 0.235. The molecule has 4 heteroatoms. The van der Waals surface area contributed by atoms with Crippen molar-refractivity contribution in [1.29, 1.82) is 0 Å². The van der Waals surface area contributed by atoms with E-state index in [9.17, 15) is 4.79 Å². The van der Waals surface area contributed by atoms with Gasteiger partial charge >= 0.3 is 0 Å². The molecular formula is C14H26N2O2. The summed E-state index contributed by atoms with van der Waals surface area (Å²) in [7, 11) is 1.68. The number of nitrogens with two attached hydrogens (primary N) is 1. The number of carbonyl (C=O) groups excluding carboxylic acids is 1. The molecule has 0 aromatic carbocycles. The molecular weight excluding hydrogens is 228 g/mol. The third-order valence-electron chi connectivity index (χ3n) is 4.20. The Hall–Kier alpha value is -0.610. The first-order valence-electron chi connectivity index (χ1n) is 7.22. The molecule has 2 rings (SSSR count). The fourth-order valence-corrected chi connectivity index (χ4v) is 2.92. The van der Waals surface area contributed by atoms with Gasteiger partial charge in [0.25, 0.3) is 0 Å². The van der Waals surface area contributed by atoms with Gasteiger partial charge in [-0.3, -0.25) is 4.79 Å². The van der Waals surface area contributed by atoms with Crippen molar-refractivity contribution < 1.29 is 9.53 Å². The molecule has 0 aromatic rings. The van der Waals surface area contributed by atoms with Crippen molar-refractivity contribution in [2.24, 2.45) is 5.73 Å². The number of hydrogen-bond donors (Lipinski definition) is 1. The maximum Gasteiger partial charge on any atom is 0.224 e. The van der Waals surface area contributed by atoms with Crippen LogP contribution in [-0.2, 0) is 9.53 Å². The van der Waals surface area contributed by atoms with Gasteiger partial charge in [0.15, 0.2) is 0 Å². The van der Waals surface area contributed by atoms with Crippen molar-refractivity contribution in [3.05, 3.63) is 0 Å². The number of ether oxygens (including phenoxy) is 1. The lowest BCUT2D eigenvalue weighted by Crippen LogP contribution is -2.48. The van der Waals surface area contributed by atoms with Gasteiger partial charge in [0.05, 0.1) is 6.61 Å². The van der Waals surface area contributed by atoms with E-state index in [1.807, 2.05) is 4.90 Å². The SMILES string of the molecule is COCCN(C(=O)CC1(N)CCCCC1)C1CC1. The van der Waals surface area contributed by atoms with Crippen molar-refractivity contribution >= 4 is 5.91 Å². The zero-order valence-corrected chi connectivity index (χ0v) is 11.5. The van der Waals surface area contributed by atoms with Crippen LogP contribution in [0.5, 0.6) is 0 Å². The van der Waals surface area contributed by atoms with Crippen LogP contribution in [0.1, 0.15) is 51.4 Å². The van der Waals surface area contributed by atoms with E-state index in [1.54, 1.807) is 7.11 Å². The van der Waals surface area contributed by atoms with Crippen molar-refractivity contribution in [3.63, 3.8) is 0 Å². The van der Waals surface area contributed by atoms with Crippen LogP contribution in [0, 0.1) is 0 Å². The molecule has 0 atom stereocenters. The first-order chi connectivity index (χ1) is 8.64. The minimum Gasteiger partial charge on any atom is -0.383 e. The average Bonchev–Trinajstić information content (AvgIpc) is 3.14. The van der Waals surface area contributed by atoms with Crippen LogP contribution in [0.2, 0.25) is 0 Å². The number of hydrogen-bond acceptors (Lipinski definition) is 3. The van der Waals surface area contributed by atoms with Crippen LogP contribution >= 0.6 is 0 Å². The van der Waals surface area contributed by atoms with Crippen molar-refractivity contribution in [2.75, 3.05) is 20.3 Å². The molecule has 1 amide bonds.